The van der Waals surface area contributed by atoms with Crippen LogP contribution in [0.2, 0.25) is 0 Å². The highest BCUT2D eigenvalue weighted by Crippen LogP contribution is 2.31. The molecule has 1 amide bonds. The fraction of sp³-hybridized carbons (Fsp3) is 0.462. The zero-order valence-corrected chi connectivity index (χ0v) is 10.9. The Morgan fingerprint density at radius 2 is 2.37 bits per heavy atom. The summed E-state index contributed by atoms with van der Waals surface area (Å²) in [6.45, 7) is 1.37. The molecule has 19 heavy (non-hydrogen) atoms. The Balaban J connectivity index is 2.02. The van der Waals surface area contributed by atoms with Gasteiger partial charge in [-0.3, -0.25) is 4.79 Å². The molecule has 0 fully saturated rings. The van der Waals surface area contributed by atoms with E-state index in [2.05, 4.69) is 5.32 Å². The van der Waals surface area contributed by atoms with Gasteiger partial charge in [0.1, 0.15) is 5.75 Å². The SMILES string of the molecule is CN1C(=O)COc2ccc(CNCC(O)CN)cc21. The number of carbonyl (C=O) groups excluding carboxylic acids is 1. The summed E-state index contributed by atoms with van der Waals surface area (Å²) in [5.41, 5.74) is 7.12. The first-order valence-electron chi connectivity index (χ1n) is 6.23. The third-order valence-electron chi connectivity index (χ3n) is 3.09. The smallest absolute Gasteiger partial charge is 0.264 e. The molecular formula is C13H19N3O3. The number of benzene rings is 1. The Hall–Kier alpha value is -1.63. The number of nitrogens with one attached hydrogen (secondary N) is 1. The molecule has 6 heteroatoms. The summed E-state index contributed by atoms with van der Waals surface area (Å²) in [5, 5.41) is 12.5. The maximum atomic E-state index is 11.5. The van der Waals surface area contributed by atoms with Gasteiger partial charge in [0, 0.05) is 26.7 Å². The highest BCUT2D eigenvalue weighted by Gasteiger charge is 2.22. The monoisotopic (exact) mass is 265 g/mol. The van der Waals surface area contributed by atoms with E-state index >= 15 is 0 Å². The Bertz CT molecular complexity index is 464. The van der Waals surface area contributed by atoms with Gasteiger partial charge >= 0.3 is 0 Å². The predicted molar refractivity (Wildman–Crippen MR) is 72.1 cm³/mol. The molecule has 1 aromatic carbocycles. The largest absolute Gasteiger partial charge is 0.482 e. The summed E-state index contributed by atoms with van der Waals surface area (Å²) < 4.78 is 5.35. The van der Waals surface area contributed by atoms with Gasteiger partial charge in [-0.15, -0.1) is 0 Å². The molecule has 104 valence electrons. The molecule has 0 aliphatic carbocycles. The third kappa shape index (κ3) is 3.23. The Morgan fingerprint density at radius 1 is 1.58 bits per heavy atom. The molecule has 0 spiro atoms. The minimum atomic E-state index is -0.537. The number of rotatable bonds is 5. The lowest BCUT2D eigenvalue weighted by Gasteiger charge is -2.26. The van der Waals surface area contributed by atoms with E-state index in [4.69, 9.17) is 10.5 Å². The van der Waals surface area contributed by atoms with Crippen LogP contribution in [0.4, 0.5) is 5.69 Å². The molecule has 1 aromatic rings. The number of amides is 1. The number of carbonyl (C=O) groups is 1. The van der Waals surface area contributed by atoms with Crippen LogP contribution >= 0.6 is 0 Å². The molecule has 1 aliphatic rings. The van der Waals surface area contributed by atoms with E-state index in [1.807, 2.05) is 18.2 Å². The summed E-state index contributed by atoms with van der Waals surface area (Å²) in [7, 11) is 1.74. The van der Waals surface area contributed by atoms with Crippen molar-refractivity contribution in [3.05, 3.63) is 23.8 Å². The average Bonchev–Trinajstić information content (AvgIpc) is 2.43. The van der Waals surface area contributed by atoms with Crippen molar-refractivity contribution in [1.29, 1.82) is 0 Å². The normalized spacial score (nSPS) is 15.9. The van der Waals surface area contributed by atoms with Gasteiger partial charge in [0.25, 0.3) is 5.91 Å². The average molecular weight is 265 g/mol. The van der Waals surface area contributed by atoms with Gasteiger partial charge in [-0.25, -0.2) is 0 Å². The van der Waals surface area contributed by atoms with Crippen LogP contribution in [0.5, 0.6) is 5.75 Å². The quantitative estimate of drug-likeness (QED) is 0.665. The Labute approximate surface area is 112 Å². The fourth-order valence-corrected chi connectivity index (χ4v) is 1.89. The highest BCUT2D eigenvalue weighted by molar-refractivity contribution is 5.97. The van der Waals surface area contributed by atoms with Crippen molar-refractivity contribution in [2.24, 2.45) is 5.73 Å². The van der Waals surface area contributed by atoms with E-state index < -0.39 is 6.10 Å². The van der Waals surface area contributed by atoms with Crippen LogP contribution in [-0.4, -0.2) is 43.9 Å². The lowest BCUT2D eigenvalue weighted by Crippen LogP contribution is -2.35. The number of nitrogens with zero attached hydrogens (tertiary/aromatic N) is 1. The second kappa shape index (κ2) is 6.01. The summed E-state index contributed by atoms with van der Waals surface area (Å²) in [4.78, 5) is 13.1. The summed E-state index contributed by atoms with van der Waals surface area (Å²) >= 11 is 0. The number of ether oxygens (including phenoxy) is 1. The molecular weight excluding hydrogens is 246 g/mol. The molecule has 4 N–H and O–H groups in total. The van der Waals surface area contributed by atoms with Crippen molar-refractivity contribution in [2.45, 2.75) is 12.6 Å². The highest BCUT2D eigenvalue weighted by atomic mass is 16.5. The van der Waals surface area contributed by atoms with Crippen LogP contribution < -0.4 is 20.7 Å². The summed E-state index contributed by atoms with van der Waals surface area (Å²) in [6, 6.07) is 5.70. The molecule has 1 atom stereocenters. The van der Waals surface area contributed by atoms with E-state index in [9.17, 15) is 9.90 Å². The van der Waals surface area contributed by atoms with E-state index in [1.165, 1.54) is 0 Å². The number of nitrogens with two attached hydrogens (primary N) is 1. The molecule has 1 unspecified atom stereocenters. The second-order valence-electron chi connectivity index (χ2n) is 4.56. The standard InChI is InChI=1S/C13H19N3O3/c1-16-11-4-9(6-15-7-10(17)5-14)2-3-12(11)19-8-13(16)18/h2-4,10,15,17H,5-8,14H2,1H3. The molecule has 1 aliphatic heterocycles. The van der Waals surface area contributed by atoms with E-state index in [1.54, 1.807) is 11.9 Å². The van der Waals surface area contributed by atoms with Gasteiger partial charge in [0.15, 0.2) is 6.61 Å². The van der Waals surface area contributed by atoms with Crippen LogP contribution in [0.25, 0.3) is 0 Å². The number of aliphatic hydroxyl groups excluding tert-OH is 1. The first-order chi connectivity index (χ1) is 9.11. The molecule has 6 nitrogen and oxygen atoms in total. The maximum Gasteiger partial charge on any atom is 0.264 e. The van der Waals surface area contributed by atoms with Crippen molar-refractivity contribution in [3.63, 3.8) is 0 Å². The lowest BCUT2D eigenvalue weighted by atomic mass is 10.1. The van der Waals surface area contributed by atoms with E-state index in [0.29, 0.717) is 18.8 Å². The lowest BCUT2D eigenvalue weighted by molar-refractivity contribution is -0.120. The molecule has 2 rings (SSSR count). The molecule has 0 radical (unpaired) electrons. The Morgan fingerprint density at radius 3 is 3.11 bits per heavy atom. The number of fused-ring (bicyclic) bond motifs is 1. The van der Waals surface area contributed by atoms with E-state index in [0.717, 1.165) is 11.3 Å². The first kappa shape index (κ1) is 13.8. The molecule has 0 saturated heterocycles. The van der Waals surface area contributed by atoms with Gasteiger partial charge in [-0.1, -0.05) is 6.07 Å². The zero-order valence-electron chi connectivity index (χ0n) is 10.9. The molecule has 1 heterocycles. The maximum absolute atomic E-state index is 11.5. The van der Waals surface area contributed by atoms with Gasteiger partial charge in [0.2, 0.25) is 0 Å². The Kier molecular flexibility index (Phi) is 4.36. The van der Waals surface area contributed by atoms with Crippen LogP contribution in [-0.2, 0) is 11.3 Å². The van der Waals surface area contributed by atoms with Gasteiger partial charge in [-0.05, 0) is 17.7 Å². The van der Waals surface area contributed by atoms with Crippen LogP contribution in [0, 0.1) is 0 Å². The number of hydrogen-bond donors (Lipinski definition) is 3. The van der Waals surface area contributed by atoms with Crippen molar-refractivity contribution in [1.82, 2.24) is 5.32 Å². The topological polar surface area (TPSA) is 87.8 Å². The van der Waals surface area contributed by atoms with Crippen molar-refractivity contribution in [3.8, 4) is 5.75 Å². The first-order valence-corrected chi connectivity index (χ1v) is 6.23. The minimum absolute atomic E-state index is 0.0591. The van der Waals surface area contributed by atoms with Gasteiger partial charge in [-0.2, -0.15) is 0 Å². The van der Waals surface area contributed by atoms with Gasteiger partial charge in [0.05, 0.1) is 11.8 Å². The zero-order chi connectivity index (χ0) is 13.8. The third-order valence-corrected chi connectivity index (χ3v) is 3.09. The van der Waals surface area contributed by atoms with E-state index in [-0.39, 0.29) is 19.1 Å². The fourth-order valence-electron chi connectivity index (χ4n) is 1.89. The number of aliphatic hydroxyl groups is 1. The van der Waals surface area contributed by atoms with Crippen LogP contribution in [0.15, 0.2) is 18.2 Å². The summed E-state index contributed by atoms with van der Waals surface area (Å²) in [5.74, 6) is 0.656. The van der Waals surface area contributed by atoms with Crippen molar-refractivity contribution in [2.75, 3.05) is 31.6 Å². The van der Waals surface area contributed by atoms with Crippen LogP contribution in [0.3, 0.4) is 0 Å². The number of anilines is 1. The predicted octanol–water partition coefficient (Wildman–Crippen LogP) is -0.549. The number of hydrogen-bond acceptors (Lipinski definition) is 5. The summed E-state index contributed by atoms with van der Waals surface area (Å²) in [6.07, 6.45) is -0.537. The second-order valence-corrected chi connectivity index (χ2v) is 4.56. The molecule has 0 saturated carbocycles. The van der Waals surface area contributed by atoms with Gasteiger partial charge < -0.3 is 25.8 Å². The number of likely N-dealkylation sites (N-methyl/N-ethyl adjacent to an activating group) is 1. The molecule has 0 aromatic heterocycles. The molecule has 0 bridgehead atoms. The minimum Gasteiger partial charge on any atom is -0.482 e. The van der Waals surface area contributed by atoms with Crippen LogP contribution in [0.1, 0.15) is 5.56 Å². The van der Waals surface area contributed by atoms with Crippen molar-refractivity contribution >= 4 is 11.6 Å². The van der Waals surface area contributed by atoms with Crippen molar-refractivity contribution < 1.29 is 14.6 Å².